The lowest BCUT2D eigenvalue weighted by molar-refractivity contribution is -0.141. The van der Waals surface area contributed by atoms with Crippen molar-refractivity contribution in [2.75, 3.05) is 31.7 Å². The lowest BCUT2D eigenvalue weighted by Crippen LogP contribution is -2.30. The van der Waals surface area contributed by atoms with Gasteiger partial charge in [0, 0.05) is 25.3 Å². The molecule has 0 bridgehead atoms. The molecule has 1 aromatic rings. The van der Waals surface area contributed by atoms with Crippen molar-refractivity contribution in [3.05, 3.63) is 18.2 Å². The maximum Gasteiger partial charge on any atom is 0.308 e. The van der Waals surface area contributed by atoms with E-state index in [1.54, 1.807) is 0 Å². The van der Waals surface area contributed by atoms with E-state index in [4.69, 9.17) is 14.6 Å². The highest BCUT2D eigenvalue weighted by atomic mass is 16.6. The second kappa shape index (κ2) is 5.82. The van der Waals surface area contributed by atoms with E-state index in [2.05, 4.69) is 0 Å². The molecule has 2 rings (SSSR count). The first-order valence-corrected chi connectivity index (χ1v) is 6.45. The van der Waals surface area contributed by atoms with Crippen molar-refractivity contribution in [2.24, 2.45) is 5.92 Å². The first kappa shape index (κ1) is 13.5. The minimum absolute atomic E-state index is 0.363. The van der Waals surface area contributed by atoms with Gasteiger partial charge in [0.1, 0.15) is 13.2 Å². The van der Waals surface area contributed by atoms with Crippen LogP contribution in [0.5, 0.6) is 11.5 Å². The lowest BCUT2D eigenvalue weighted by atomic mass is 10.1. The van der Waals surface area contributed by atoms with Crippen molar-refractivity contribution < 1.29 is 19.4 Å². The molecule has 0 spiro atoms. The maximum atomic E-state index is 11.1. The molecule has 5 heteroatoms. The highest BCUT2D eigenvalue weighted by Crippen LogP contribution is 2.33. The first-order valence-electron chi connectivity index (χ1n) is 6.45. The first-order chi connectivity index (χ1) is 9.11. The normalized spacial score (nSPS) is 14.8. The van der Waals surface area contributed by atoms with Crippen molar-refractivity contribution in [1.82, 2.24) is 0 Å². The van der Waals surface area contributed by atoms with Gasteiger partial charge in [-0.1, -0.05) is 6.92 Å². The molecule has 1 aliphatic rings. The number of aliphatic carboxylic acids is 1. The molecule has 0 fully saturated rings. The van der Waals surface area contributed by atoms with Gasteiger partial charge in [-0.3, -0.25) is 4.79 Å². The Morgan fingerprint density at radius 3 is 2.68 bits per heavy atom. The summed E-state index contributed by atoms with van der Waals surface area (Å²) in [6.07, 6.45) is 0.615. The largest absolute Gasteiger partial charge is 0.486 e. The van der Waals surface area contributed by atoms with Crippen molar-refractivity contribution in [3.8, 4) is 11.5 Å². The molecule has 19 heavy (non-hydrogen) atoms. The highest BCUT2D eigenvalue weighted by Gasteiger charge is 2.19. The number of nitrogens with zero attached hydrogens (tertiary/aromatic N) is 1. The van der Waals surface area contributed by atoms with Gasteiger partial charge in [0.05, 0.1) is 5.92 Å². The summed E-state index contributed by atoms with van der Waals surface area (Å²) in [7, 11) is 1.89. The smallest absolute Gasteiger partial charge is 0.308 e. The topological polar surface area (TPSA) is 59.0 Å². The van der Waals surface area contributed by atoms with Crippen LogP contribution >= 0.6 is 0 Å². The predicted molar refractivity (Wildman–Crippen MR) is 72.1 cm³/mol. The molecule has 1 N–H and O–H groups in total. The number of ether oxygens (including phenoxy) is 2. The molecule has 1 heterocycles. The molecular formula is C14H19NO4. The average Bonchev–Trinajstić information content (AvgIpc) is 2.43. The molecule has 1 unspecified atom stereocenters. The molecule has 0 aliphatic carbocycles. The summed E-state index contributed by atoms with van der Waals surface area (Å²) in [5.74, 6) is 0.345. The van der Waals surface area contributed by atoms with E-state index in [9.17, 15) is 4.79 Å². The summed E-state index contributed by atoms with van der Waals surface area (Å²) >= 11 is 0. The molecule has 0 saturated carbocycles. The van der Waals surface area contributed by atoms with Gasteiger partial charge in [0.25, 0.3) is 0 Å². The number of benzene rings is 1. The minimum atomic E-state index is -0.758. The van der Waals surface area contributed by atoms with E-state index in [1.807, 2.05) is 37.1 Å². The van der Waals surface area contributed by atoms with Crippen LogP contribution in [0.4, 0.5) is 5.69 Å². The molecular weight excluding hydrogens is 246 g/mol. The van der Waals surface area contributed by atoms with Gasteiger partial charge in [-0.05, 0) is 18.6 Å². The molecule has 0 amide bonds. The Kier molecular flexibility index (Phi) is 4.14. The van der Waals surface area contributed by atoms with Crippen molar-refractivity contribution in [2.45, 2.75) is 13.3 Å². The van der Waals surface area contributed by atoms with Gasteiger partial charge in [-0.2, -0.15) is 0 Å². The summed E-state index contributed by atoms with van der Waals surface area (Å²) in [6.45, 7) is 3.48. The zero-order valence-electron chi connectivity index (χ0n) is 11.3. The van der Waals surface area contributed by atoms with Crippen LogP contribution in [0.15, 0.2) is 18.2 Å². The van der Waals surface area contributed by atoms with Gasteiger partial charge < -0.3 is 19.5 Å². The zero-order chi connectivity index (χ0) is 13.8. The standard InChI is InChI=1S/C14H19NO4/c1-3-10(14(16)17)9-15(2)11-4-5-12-13(8-11)19-7-6-18-12/h4-5,8,10H,3,6-7,9H2,1-2H3,(H,16,17). The van der Waals surface area contributed by atoms with Crippen LogP contribution in [0, 0.1) is 5.92 Å². The monoisotopic (exact) mass is 265 g/mol. The molecule has 0 radical (unpaired) electrons. The van der Waals surface area contributed by atoms with Crippen LogP contribution in [-0.2, 0) is 4.79 Å². The van der Waals surface area contributed by atoms with Crippen LogP contribution in [0.1, 0.15) is 13.3 Å². The number of hydrogen-bond acceptors (Lipinski definition) is 4. The Bertz CT molecular complexity index is 461. The summed E-state index contributed by atoms with van der Waals surface area (Å²) < 4.78 is 11.0. The molecule has 0 saturated heterocycles. The van der Waals surface area contributed by atoms with Gasteiger partial charge in [0.15, 0.2) is 11.5 Å². The summed E-state index contributed by atoms with van der Waals surface area (Å²) in [6, 6.07) is 5.67. The van der Waals surface area contributed by atoms with E-state index < -0.39 is 5.97 Å². The number of hydrogen-bond donors (Lipinski definition) is 1. The number of carboxylic acid groups (broad SMARTS) is 1. The van der Waals surface area contributed by atoms with Crippen molar-refractivity contribution in [3.63, 3.8) is 0 Å². The number of carbonyl (C=O) groups is 1. The van der Waals surface area contributed by atoms with Gasteiger partial charge in [-0.15, -0.1) is 0 Å². The second-order valence-corrected chi connectivity index (χ2v) is 4.65. The number of carboxylic acids is 1. The average molecular weight is 265 g/mol. The Labute approximate surface area is 112 Å². The maximum absolute atomic E-state index is 11.1. The third-order valence-electron chi connectivity index (χ3n) is 3.30. The molecule has 1 aromatic carbocycles. The van der Waals surface area contributed by atoms with E-state index >= 15 is 0 Å². The summed E-state index contributed by atoms with van der Waals surface area (Å²) in [5, 5.41) is 9.09. The van der Waals surface area contributed by atoms with E-state index in [1.165, 1.54) is 0 Å². The van der Waals surface area contributed by atoms with E-state index in [0.717, 1.165) is 17.2 Å². The summed E-state index contributed by atoms with van der Waals surface area (Å²) in [4.78, 5) is 13.0. The van der Waals surface area contributed by atoms with Gasteiger partial charge in [-0.25, -0.2) is 0 Å². The lowest BCUT2D eigenvalue weighted by Gasteiger charge is -2.25. The van der Waals surface area contributed by atoms with Crippen LogP contribution in [0.2, 0.25) is 0 Å². The minimum Gasteiger partial charge on any atom is -0.486 e. The fraction of sp³-hybridized carbons (Fsp3) is 0.500. The Morgan fingerprint density at radius 1 is 1.37 bits per heavy atom. The predicted octanol–water partition coefficient (Wildman–Crippen LogP) is 2.00. The second-order valence-electron chi connectivity index (χ2n) is 4.65. The molecule has 5 nitrogen and oxygen atoms in total. The Morgan fingerprint density at radius 2 is 2.05 bits per heavy atom. The van der Waals surface area contributed by atoms with Crippen molar-refractivity contribution >= 4 is 11.7 Å². The highest BCUT2D eigenvalue weighted by molar-refractivity contribution is 5.71. The fourth-order valence-corrected chi connectivity index (χ4v) is 2.09. The molecule has 1 atom stereocenters. The molecule has 1 aliphatic heterocycles. The van der Waals surface area contributed by atoms with Crippen LogP contribution in [0.25, 0.3) is 0 Å². The number of fused-ring (bicyclic) bond motifs is 1. The third kappa shape index (κ3) is 3.10. The Hall–Kier alpha value is -1.91. The Balaban J connectivity index is 2.10. The third-order valence-corrected chi connectivity index (χ3v) is 3.30. The van der Waals surface area contributed by atoms with Crippen molar-refractivity contribution in [1.29, 1.82) is 0 Å². The van der Waals surface area contributed by atoms with Crippen LogP contribution in [-0.4, -0.2) is 37.9 Å². The molecule has 104 valence electrons. The summed E-state index contributed by atoms with van der Waals surface area (Å²) in [5.41, 5.74) is 0.934. The number of anilines is 1. The zero-order valence-corrected chi connectivity index (χ0v) is 11.3. The SMILES string of the molecule is CCC(CN(C)c1ccc2c(c1)OCCO2)C(=O)O. The van der Waals surface area contributed by atoms with Crippen LogP contribution in [0.3, 0.4) is 0 Å². The van der Waals surface area contributed by atoms with E-state index in [0.29, 0.717) is 26.2 Å². The van der Waals surface area contributed by atoms with E-state index in [-0.39, 0.29) is 5.92 Å². The van der Waals surface area contributed by atoms with Gasteiger partial charge >= 0.3 is 5.97 Å². The fourth-order valence-electron chi connectivity index (χ4n) is 2.09. The number of rotatable bonds is 5. The van der Waals surface area contributed by atoms with Crippen LogP contribution < -0.4 is 14.4 Å². The molecule has 0 aromatic heterocycles. The quantitative estimate of drug-likeness (QED) is 0.882. The van der Waals surface area contributed by atoms with Gasteiger partial charge in [0.2, 0.25) is 0 Å².